The van der Waals surface area contributed by atoms with Crippen molar-refractivity contribution in [1.82, 2.24) is 9.36 Å². The van der Waals surface area contributed by atoms with Crippen LogP contribution >= 0.6 is 11.5 Å². The standard InChI is InChI=1S/C6H11N3OS/c1-2-5(10)3-7-6-8-4-9-11-6/h4-5,10H,2-3H2,1H3,(H,7,8,9)/t5-/m0/s1. The van der Waals surface area contributed by atoms with Crippen LogP contribution in [0.1, 0.15) is 13.3 Å². The minimum absolute atomic E-state index is 0.293. The molecule has 1 heterocycles. The molecule has 1 atom stereocenters. The lowest BCUT2D eigenvalue weighted by Crippen LogP contribution is -2.17. The monoisotopic (exact) mass is 173 g/mol. The summed E-state index contributed by atoms with van der Waals surface area (Å²) in [6, 6.07) is 0. The summed E-state index contributed by atoms with van der Waals surface area (Å²) >= 11 is 1.29. The van der Waals surface area contributed by atoms with Crippen LogP contribution < -0.4 is 5.32 Å². The van der Waals surface area contributed by atoms with Crippen molar-refractivity contribution in [2.45, 2.75) is 19.4 Å². The average molecular weight is 173 g/mol. The van der Waals surface area contributed by atoms with Gasteiger partial charge in [-0.2, -0.15) is 4.37 Å². The van der Waals surface area contributed by atoms with E-state index in [9.17, 15) is 0 Å². The third-order valence-electron chi connectivity index (χ3n) is 1.32. The van der Waals surface area contributed by atoms with Crippen molar-refractivity contribution in [3.63, 3.8) is 0 Å². The Hall–Kier alpha value is -0.680. The van der Waals surface area contributed by atoms with E-state index in [4.69, 9.17) is 5.11 Å². The summed E-state index contributed by atoms with van der Waals surface area (Å²) in [7, 11) is 0. The van der Waals surface area contributed by atoms with Gasteiger partial charge in [-0.1, -0.05) is 6.92 Å². The Balaban J connectivity index is 2.23. The van der Waals surface area contributed by atoms with Gasteiger partial charge in [-0.25, -0.2) is 4.98 Å². The first-order valence-corrected chi connectivity index (χ1v) is 4.29. The second-order valence-electron chi connectivity index (χ2n) is 2.19. The largest absolute Gasteiger partial charge is 0.391 e. The molecule has 0 radical (unpaired) electrons. The molecule has 0 fully saturated rings. The van der Waals surface area contributed by atoms with E-state index in [2.05, 4.69) is 14.7 Å². The van der Waals surface area contributed by atoms with Crippen LogP contribution in [-0.2, 0) is 0 Å². The van der Waals surface area contributed by atoms with Gasteiger partial charge in [-0.3, -0.25) is 0 Å². The van der Waals surface area contributed by atoms with Crippen molar-refractivity contribution in [1.29, 1.82) is 0 Å². The number of rotatable bonds is 4. The molecule has 0 bridgehead atoms. The number of aliphatic hydroxyl groups is 1. The minimum Gasteiger partial charge on any atom is -0.391 e. The van der Waals surface area contributed by atoms with Crippen LogP contribution in [0, 0.1) is 0 Å². The molecule has 0 saturated carbocycles. The molecule has 1 rings (SSSR count). The predicted octanol–water partition coefficient (Wildman–Crippen LogP) is 0.721. The van der Waals surface area contributed by atoms with Crippen molar-refractivity contribution in [3.8, 4) is 0 Å². The summed E-state index contributed by atoms with van der Waals surface area (Å²) in [5, 5.41) is 12.9. The number of hydrogen-bond acceptors (Lipinski definition) is 5. The third kappa shape index (κ3) is 2.81. The number of nitrogens with one attached hydrogen (secondary N) is 1. The number of nitrogens with zero attached hydrogens (tertiary/aromatic N) is 2. The molecule has 4 nitrogen and oxygen atoms in total. The Bertz CT molecular complexity index is 190. The van der Waals surface area contributed by atoms with Gasteiger partial charge in [0, 0.05) is 18.1 Å². The summed E-state index contributed by atoms with van der Waals surface area (Å²) < 4.78 is 3.81. The van der Waals surface area contributed by atoms with E-state index < -0.39 is 0 Å². The van der Waals surface area contributed by atoms with E-state index in [-0.39, 0.29) is 6.10 Å². The SMILES string of the molecule is CC[C@H](O)CNc1ncns1. The maximum Gasteiger partial charge on any atom is 0.202 e. The van der Waals surface area contributed by atoms with Crippen molar-refractivity contribution in [2.75, 3.05) is 11.9 Å². The number of hydrogen-bond donors (Lipinski definition) is 2. The lowest BCUT2D eigenvalue weighted by atomic mass is 10.3. The maximum absolute atomic E-state index is 9.15. The van der Waals surface area contributed by atoms with Crippen LogP contribution in [0.4, 0.5) is 5.13 Å². The quantitative estimate of drug-likeness (QED) is 0.704. The second-order valence-corrected chi connectivity index (χ2v) is 2.97. The Morgan fingerprint density at radius 3 is 3.18 bits per heavy atom. The van der Waals surface area contributed by atoms with E-state index in [1.165, 1.54) is 17.9 Å². The van der Waals surface area contributed by atoms with Gasteiger partial charge in [0.25, 0.3) is 0 Å². The molecule has 2 N–H and O–H groups in total. The molecule has 62 valence electrons. The van der Waals surface area contributed by atoms with Gasteiger partial charge >= 0.3 is 0 Å². The highest BCUT2D eigenvalue weighted by Gasteiger charge is 2.00. The third-order valence-corrected chi connectivity index (χ3v) is 1.94. The van der Waals surface area contributed by atoms with Crippen molar-refractivity contribution in [3.05, 3.63) is 6.33 Å². The predicted molar refractivity (Wildman–Crippen MR) is 44.7 cm³/mol. The molecule has 0 aliphatic carbocycles. The fourth-order valence-electron chi connectivity index (χ4n) is 0.600. The van der Waals surface area contributed by atoms with E-state index in [0.29, 0.717) is 6.54 Å². The molecule has 0 amide bonds. The molecule has 1 aromatic heterocycles. The second kappa shape index (κ2) is 4.25. The Morgan fingerprint density at radius 2 is 2.64 bits per heavy atom. The summed E-state index contributed by atoms with van der Waals surface area (Å²) in [5.74, 6) is 0. The molecule has 0 aliphatic rings. The highest BCUT2D eigenvalue weighted by atomic mass is 32.1. The molecule has 0 aromatic carbocycles. The van der Waals surface area contributed by atoms with Crippen molar-refractivity contribution < 1.29 is 5.11 Å². The number of aromatic nitrogens is 2. The van der Waals surface area contributed by atoms with E-state index in [0.717, 1.165) is 11.6 Å². The van der Waals surface area contributed by atoms with E-state index in [1.54, 1.807) is 0 Å². The van der Waals surface area contributed by atoms with Crippen LogP contribution in [0.5, 0.6) is 0 Å². The maximum atomic E-state index is 9.15. The van der Waals surface area contributed by atoms with Crippen molar-refractivity contribution >= 4 is 16.7 Å². The minimum atomic E-state index is -0.293. The zero-order valence-corrected chi connectivity index (χ0v) is 7.14. The van der Waals surface area contributed by atoms with Crippen molar-refractivity contribution in [2.24, 2.45) is 0 Å². The first-order valence-electron chi connectivity index (χ1n) is 3.51. The first kappa shape index (κ1) is 8.42. The summed E-state index contributed by atoms with van der Waals surface area (Å²) in [4.78, 5) is 3.91. The number of anilines is 1. The lowest BCUT2D eigenvalue weighted by molar-refractivity contribution is 0.183. The number of aliphatic hydroxyl groups excluding tert-OH is 1. The van der Waals surface area contributed by atoms with E-state index >= 15 is 0 Å². The van der Waals surface area contributed by atoms with Gasteiger partial charge in [0.05, 0.1) is 6.10 Å². The fraction of sp³-hybridized carbons (Fsp3) is 0.667. The molecule has 0 saturated heterocycles. The van der Waals surface area contributed by atoms with Gasteiger partial charge in [-0.15, -0.1) is 0 Å². The van der Waals surface area contributed by atoms with Crippen LogP contribution in [0.25, 0.3) is 0 Å². The molecule has 1 aromatic rings. The van der Waals surface area contributed by atoms with Gasteiger partial charge in [0.1, 0.15) is 6.33 Å². The topological polar surface area (TPSA) is 58.0 Å². The molecule has 0 unspecified atom stereocenters. The molecule has 0 aliphatic heterocycles. The first-order chi connectivity index (χ1) is 5.33. The zero-order valence-electron chi connectivity index (χ0n) is 6.32. The van der Waals surface area contributed by atoms with Gasteiger partial charge < -0.3 is 10.4 Å². The fourth-order valence-corrected chi connectivity index (χ4v) is 1.04. The highest BCUT2D eigenvalue weighted by molar-refractivity contribution is 7.09. The molecular weight excluding hydrogens is 162 g/mol. The molecule has 11 heavy (non-hydrogen) atoms. The Kier molecular flexibility index (Phi) is 3.25. The Labute approximate surface area is 69.5 Å². The van der Waals surface area contributed by atoms with Crippen LogP contribution in [-0.4, -0.2) is 27.1 Å². The van der Waals surface area contributed by atoms with Gasteiger partial charge in [0.2, 0.25) is 5.13 Å². The summed E-state index contributed by atoms with van der Waals surface area (Å²) in [6.07, 6.45) is 1.95. The Morgan fingerprint density at radius 1 is 1.82 bits per heavy atom. The highest BCUT2D eigenvalue weighted by Crippen LogP contribution is 2.06. The smallest absolute Gasteiger partial charge is 0.202 e. The molecule has 0 spiro atoms. The van der Waals surface area contributed by atoms with Crippen LogP contribution in [0.3, 0.4) is 0 Å². The molecule has 5 heteroatoms. The summed E-state index contributed by atoms with van der Waals surface area (Å²) in [5.41, 5.74) is 0. The van der Waals surface area contributed by atoms with Crippen LogP contribution in [0.2, 0.25) is 0 Å². The average Bonchev–Trinajstić information content (AvgIpc) is 2.52. The van der Waals surface area contributed by atoms with Gasteiger partial charge in [0.15, 0.2) is 0 Å². The lowest BCUT2D eigenvalue weighted by Gasteiger charge is -2.06. The molecular formula is C6H11N3OS. The van der Waals surface area contributed by atoms with Crippen LogP contribution in [0.15, 0.2) is 6.33 Å². The van der Waals surface area contributed by atoms with E-state index in [1.807, 2.05) is 6.92 Å². The normalized spacial score (nSPS) is 12.9. The van der Waals surface area contributed by atoms with Gasteiger partial charge in [-0.05, 0) is 6.42 Å². The summed E-state index contributed by atoms with van der Waals surface area (Å²) in [6.45, 7) is 2.48. The zero-order chi connectivity index (χ0) is 8.10.